The predicted octanol–water partition coefficient (Wildman–Crippen LogP) is 2.04. The van der Waals surface area contributed by atoms with Crippen LogP contribution < -0.4 is 10.5 Å². The largest absolute Gasteiger partial charge is 0.324 e. The van der Waals surface area contributed by atoms with Gasteiger partial charge in [-0.25, -0.2) is 12.8 Å². The van der Waals surface area contributed by atoms with Gasteiger partial charge in [-0.3, -0.25) is 9.71 Å². The molecule has 1 atom stereocenters. The molecule has 0 radical (unpaired) electrons. The Labute approximate surface area is 116 Å². The quantitative estimate of drug-likeness (QED) is 0.904. The molecule has 0 bridgehead atoms. The Morgan fingerprint density at radius 2 is 1.90 bits per heavy atom. The van der Waals surface area contributed by atoms with Gasteiger partial charge >= 0.3 is 0 Å². The van der Waals surface area contributed by atoms with E-state index in [1.807, 2.05) is 6.92 Å². The van der Waals surface area contributed by atoms with E-state index >= 15 is 0 Å². The first-order chi connectivity index (χ1) is 9.38. The third kappa shape index (κ3) is 3.31. The minimum absolute atomic E-state index is 0.131. The van der Waals surface area contributed by atoms with Crippen LogP contribution in [0.5, 0.6) is 0 Å². The maximum absolute atomic E-state index is 13.0. The summed E-state index contributed by atoms with van der Waals surface area (Å²) in [6.45, 7) is 1.83. The summed E-state index contributed by atoms with van der Waals surface area (Å²) in [4.78, 5) is 3.29. The Hall–Kier alpha value is -1.99. The average Bonchev–Trinajstić information content (AvgIpc) is 2.39. The van der Waals surface area contributed by atoms with Crippen LogP contribution in [0.15, 0.2) is 47.6 Å². The predicted molar refractivity (Wildman–Crippen MR) is 74.0 cm³/mol. The molecule has 0 aliphatic carbocycles. The third-order valence-corrected chi connectivity index (χ3v) is 4.03. The number of nitrogens with zero attached hydrogens (tertiary/aromatic N) is 1. The first-order valence-electron chi connectivity index (χ1n) is 5.87. The van der Waals surface area contributed by atoms with Gasteiger partial charge in [-0.05, 0) is 30.7 Å². The van der Waals surface area contributed by atoms with Crippen molar-refractivity contribution < 1.29 is 12.8 Å². The van der Waals surface area contributed by atoms with Crippen LogP contribution in [0.2, 0.25) is 0 Å². The second-order valence-corrected chi connectivity index (χ2v) is 6.04. The van der Waals surface area contributed by atoms with Crippen LogP contribution in [0.3, 0.4) is 0 Å². The van der Waals surface area contributed by atoms with Crippen molar-refractivity contribution >= 4 is 15.7 Å². The minimum atomic E-state index is -3.85. The molecule has 106 valence electrons. The van der Waals surface area contributed by atoms with Gasteiger partial charge in [-0.15, -0.1) is 0 Å². The van der Waals surface area contributed by atoms with E-state index in [1.54, 1.807) is 24.3 Å². The molecular formula is C13H14FN3O2S. The highest BCUT2D eigenvalue weighted by Gasteiger charge is 2.15. The minimum Gasteiger partial charge on any atom is -0.324 e. The van der Waals surface area contributed by atoms with E-state index in [9.17, 15) is 12.8 Å². The molecule has 0 saturated carbocycles. The van der Waals surface area contributed by atoms with Crippen molar-refractivity contribution in [1.82, 2.24) is 4.98 Å². The number of halogens is 1. The van der Waals surface area contributed by atoms with Crippen molar-refractivity contribution in [3.63, 3.8) is 0 Å². The lowest BCUT2D eigenvalue weighted by molar-refractivity contribution is 0.592. The lowest BCUT2D eigenvalue weighted by atomic mass is 10.1. The number of anilines is 1. The molecule has 0 spiro atoms. The number of pyridine rings is 1. The zero-order chi connectivity index (χ0) is 14.8. The van der Waals surface area contributed by atoms with Gasteiger partial charge in [0, 0.05) is 17.9 Å². The number of nitrogens with two attached hydrogens (primary N) is 1. The molecule has 1 aromatic carbocycles. The second kappa shape index (κ2) is 5.56. The molecule has 7 heteroatoms. The van der Waals surface area contributed by atoms with E-state index in [1.165, 1.54) is 0 Å². The SMILES string of the molecule is CC(N)c1ccc(NS(=O)(=O)c2cncc(F)c2)cc1. The van der Waals surface area contributed by atoms with E-state index < -0.39 is 15.8 Å². The number of nitrogens with one attached hydrogen (secondary N) is 1. The van der Waals surface area contributed by atoms with Gasteiger partial charge in [0.2, 0.25) is 0 Å². The van der Waals surface area contributed by atoms with E-state index in [0.29, 0.717) is 5.69 Å². The van der Waals surface area contributed by atoms with E-state index in [-0.39, 0.29) is 10.9 Å². The van der Waals surface area contributed by atoms with Gasteiger partial charge in [0.1, 0.15) is 10.7 Å². The molecule has 1 heterocycles. The van der Waals surface area contributed by atoms with E-state index in [4.69, 9.17) is 5.73 Å². The molecular weight excluding hydrogens is 281 g/mol. The van der Waals surface area contributed by atoms with Crippen LogP contribution in [0.4, 0.5) is 10.1 Å². The molecule has 0 aliphatic heterocycles. The fraction of sp³-hybridized carbons (Fsp3) is 0.154. The highest BCUT2D eigenvalue weighted by molar-refractivity contribution is 7.92. The zero-order valence-corrected chi connectivity index (χ0v) is 11.6. The van der Waals surface area contributed by atoms with Crippen LogP contribution in [-0.4, -0.2) is 13.4 Å². The summed E-state index contributed by atoms with van der Waals surface area (Å²) in [6, 6.07) is 7.43. The van der Waals surface area contributed by atoms with Crippen LogP contribution in [0.25, 0.3) is 0 Å². The van der Waals surface area contributed by atoms with Crippen LogP contribution >= 0.6 is 0 Å². The molecule has 1 aromatic heterocycles. The normalized spacial score (nSPS) is 12.9. The lowest BCUT2D eigenvalue weighted by Crippen LogP contribution is -2.13. The molecule has 3 N–H and O–H groups in total. The molecule has 2 rings (SSSR count). The van der Waals surface area contributed by atoms with Crippen LogP contribution in [0.1, 0.15) is 18.5 Å². The number of benzene rings is 1. The highest BCUT2D eigenvalue weighted by Crippen LogP contribution is 2.18. The zero-order valence-electron chi connectivity index (χ0n) is 10.7. The summed E-state index contributed by atoms with van der Waals surface area (Å²) >= 11 is 0. The monoisotopic (exact) mass is 295 g/mol. The Kier molecular flexibility index (Phi) is 4.01. The second-order valence-electron chi connectivity index (χ2n) is 4.36. The molecule has 0 amide bonds. The van der Waals surface area contributed by atoms with Gasteiger partial charge in [-0.2, -0.15) is 0 Å². The molecule has 20 heavy (non-hydrogen) atoms. The van der Waals surface area contributed by atoms with Crippen LogP contribution in [-0.2, 0) is 10.0 Å². The van der Waals surface area contributed by atoms with Gasteiger partial charge in [0.25, 0.3) is 10.0 Å². The number of sulfonamides is 1. The van der Waals surface area contributed by atoms with Gasteiger partial charge in [0.15, 0.2) is 0 Å². The number of hydrogen-bond donors (Lipinski definition) is 2. The molecule has 5 nitrogen and oxygen atoms in total. The summed E-state index contributed by atoms with van der Waals surface area (Å²) in [6.07, 6.45) is 2.03. The molecule has 0 aliphatic rings. The maximum Gasteiger partial charge on any atom is 0.263 e. The molecule has 0 saturated heterocycles. The van der Waals surface area contributed by atoms with Crippen molar-refractivity contribution in [2.24, 2.45) is 5.73 Å². The Bertz CT molecular complexity index is 700. The standard InChI is InChI=1S/C13H14FN3O2S/c1-9(15)10-2-4-12(5-3-10)17-20(18,19)13-6-11(14)7-16-8-13/h2-9,17H,15H2,1H3. The van der Waals surface area contributed by atoms with Crippen molar-refractivity contribution in [3.05, 3.63) is 54.1 Å². The van der Waals surface area contributed by atoms with Gasteiger partial charge in [-0.1, -0.05) is 12.1 Å². The highest BCUT2D eigenvalue weighted by atomic mass is 32.2. The van der Waals surface area contributed by atoms with E-state index in [0.717, 1.165) is 24.0 Å². The summed E-state index contributed by atoms with van der Waals surface area (Å²) in [7, 11) is -3.85. The van der Waals surface area contributed by atoms with Crippen LogP contribution in [0, 0.1) is 5.82 Å². The van der Waals surface area contributed by atoms with Crippen molar-refractivity contribution in [2.45, 2.75) is 17.9 Å². The first kappa shape index (κ1) is 14.4. The Morgan fingerprint density at radius 1 is 1.25 bits per heavy atom. The fourth-order valence-electron chi connectivity index (χ4n) is 1.61. The molecule has 1 unspecified atom stereocenters. The summed E-state index contributed by atoms with van der Waals surface area (Å²) in [5, 5.41) is 0. The number of rotatable bonds is 4. The lowest BCUT2D eigenvalue weighted by Gasteiger charge is -2.10. The Balaban J connectivity index is 2.24. The maximum atomic E-state index is 13.0. The summed E-state index contributed by atoms with van der Waals surface area (Å²) in [5.74, 6) is -0.708. The fourth-order valence-corrected chi connectivity index (χ4v) is 2.64. The molecule has 0 fully saturated rings. The number of aromatic nitrogens is 1. The van der Waals surface area contributed by atoms with Gasteiger partial charge in [0.05, 0.1) is 6.20 Å². The molecule has 2 aromatic rings. The topological polar surface area (TPSA) is 85.1 Å². The van der Waals surface area contributed by atoms with E-state index in [2.05, 4.69) is 9.71 Å². The first-order valence-corrected chi connectivity index (χ1v) is 7.36. The smallest absolute Gasteiger partial charge is 0.263 e. The Morgan fingerprint density at radius 3 is 2.45 bits per heavy atom. The van der Waals surface area contributed by atoms with Crippen molar-refractivity contribution in [3.8, 4) is 0 Å². The van der Waals surface area contributed by atoms with Crippen molar-refractivity contribution in [1.29, 1.82) is 0 Å². The summed E-state index contributed by atoms with van der Waals surface area (Å²) in [5.41, 5.74) is 6.97. The average molecular weight is 295 g/mol. The summed E-state index contributed by atoms with van der Waals surface area (Å²) < 4.78 is 39.4. The van der Waals surface area contributed by atoms with Gasteiger partial charge < -0.3 is 5.73 Å². The number of hydrogen-bond acceptors (Lipinski definition) is 4. The van der Waals surface area contributed by atoms with Crippen molar-refractivity contribution in [2.75, 3.05) is 4.72 Å². The third-order valence-electron chi connectivity index (χ3n) is 2.68.